The number of alkyl halides is 2. The summed E-state index contributed by atoms with van der Waals surface area (Å²) in [7, 11) is -3.66. The molecular weight excluding hydrogens is 445 g/mol. The number of rotatable bonds is 7. The fourth-order valence-electron chi connectivity index (χ4n) is 2.65. The van der Waals surface area contributed by atoms with Crippen LogP contribution in [0.3, 0.4) is 0 Å². The van der Waals surface area contributed by atoms with Gasteiger partial charge in [0.15, 0.2) is 15.7 Å². The molecular formula is C20H21F3N6O2S. The standard InChI is InChI=1S/C20H21F3N6O2S/c1-11(2)24-18-27-17(15-6-5-7-16(26-15)20(3,22)23)28-19(29-18)25-13-8-12(21)9-14(10-13)32(4,30)31/h5-11H,1-4H3,(H2,24,25,27,28,29). The van der Waals surface area contributed by atoms with Crippen molar-refractivity contribution in [3.63, 3.8) is 0 Å². The first-order chi connectivity index (χ1) is 14.8. The molecule has 170 valence electrons. The quantitative estimate of drug-likeness (QED) is 0.534. The molecule has 12 heteroatoms. The maximum Gasteiger partial charge on any atom is 0.286 e. The Morgan fingerprint density at radius 2 is 1.69 bits per heavy atom. The zero-order valence-electron chi connectivity index (χ0n) is 17.7. The first-order valence-corrected chi connectivity index (χ1v) is 11.4. The molecule has 8 nitrogen and oxygen atoms in total. The fourth-order valence-corrected chi connectivity index (χ4v) is 3.32. The number of halogens is 3. The number of hydrogen-bond donors (Lipinski definition) is 2. The highest BCUT2D eigenvalue weighted by molar-refractivity contribution is 7.90. The van der Waals surface area contributed by atoms with Crippen LogP contribution in [0.25, 0.3) is 11.5 Å². The normalized spacial score (nSPS) is 12.1. The van der Waals surface area contributed by atoms with Crippen molar-refractivity contribution in [1.29, 1.82) is 0 Å². The Morgan fingerprint density at radius 3 is 2.31 bits per heavy atom. The Morgan fingerprint density at radius 1 is 1.00 bits per heavy atom. The lowest BCUT2D eigenvalue weighted by Gasteiger charge is -2.14. The van der Waals surface area contributed by atoms with Crippen LogP contribution >= 0.6 is 0 Å². The first-order valence-electron chi connectivity index (χ1n) is 9.47. The third kappa shape index (κ3) is 5.90. The average molecular weight is 466 g/mol. The molecule has 0 aliphatic heterocycles. The van der Waals surface area contributed by atoms with Gasteiger partial charge in [-0.1, -0.05) is 6.07 Å². The van der Waals surface area contributed by atoms with E-state index in [1.54, 1.807) is 0 Å². The molecule has 32 heavy (non-hydrogen) atoms. The molecule has 0 unspecified atom stereocenters. The van der Waals surface area contributed by atoms with Gasteiger partial charge in [-0.25, -0.2) is 17.8 Å². The lowest BCUT2D eigenvalue weighted by molar-refractivity contribution is 0.0129. The number of nitrogens with one attached hydrogen (secondary N) is 2. The maximum atomic E-state index is 14.0. The van der Waals surface area contributed by atoms with Gasteiger partial charge in [-0.15, -0.1) is 0 Å². The molecule has 1 aromatic carbocycles. The van der Waals surface area contributed by atoms with Gasteiger partial charge in [0.2, 0.25) is 11.9 Å². The summed E-state index contributed by atoms with van der Waals surface area (Å²) in [6.45, 7) is 4.42. The third-order valence-electron chi connectivity index (χ3n) is 4.04. The Kier molecular flexibility index (Phi) is 6.35. The summed E-state index contributed by atoms with van der Waals surface area (Å²) in [6, 6.07) is 7.20. The van der Waals surface area contributed by atoms with Crippen molar-refractivity contribution in [1.82, 2.24) is 19.9 Å². The lowest BCUT2D eigenvalue weighted by atomic mass is 10.2. The molecule has 2 aromatic heterocycles. The topological polar surface area (TPSA) is 110 Å². The van der Waals surface area contributed by atoms with Gasteiger partial charge in [0.05, 0.1) is 4.90 Å². The Hall–Kier alpha value is -3.28. The molecule has 0 fully saturated rings. The number of nitrogens with zero attached hydrogens (tertiary/aromatic N) is 4. The number of sulfone groups is 1. The Balaban J connectivity index is 2.07. The van der Waals surface area contributed by atoms with Gasteiger partial charge >= 0.3 is 0 Å². The molecule has 0 saturated carbocycles. The van der Waals surface area contributed by atoms with Gasteiger partial charge in [-0.3, -0.25) is 0 Å². The van der Waals surface area contributed by atoms with Gasteiger partial charge < -0.3 is 10.6 Å². The number of hydrogen-bond acceptors (Lipinski definition) is 8. The van der Waals surface area contributed by atoms with E-state index in [0.29, 0.717) is 0 Å². The molecule has 0 radical (unpaired) electrons. The first kappa shape index (κ1) is 23.4. The molecule has 0 aliphatic rings. The summed E-state index contributed by atoms with van der Waals surface area (Å²) in [5.74, 6) is -3.87. The van der Waals surface area contributed by atoms with Gasteiger partial charge in [-0.05, 0) is 44.2 Å². The molecule has 2 heterocycles. The van der Waals surface area contributed by atoms with Crippen molar-refractivity contribution in [2.75, 3.05) is 16.9 Å². The largest absolute Gasteiger partial charge is 0.352 e. The van der Waals surface area contributed by atoms with Crippen molar-refractivity contribution in [3.05, 3.63) is 47.9 Å². The van der Waals surface area contributed by atoms with E-state index < -0.39 is 27.3 Å². The number of aromatic nitrogens is 4. The van der Waals surface area contributed by atoms with Crippen LogP contribution in [0.2, 0.25) is 0 Å². The molecule has 0 aliphatic carbocycles. The Bertz CT molecular complexity index is 1250. The van der Waals surface area contributed by atoms with Crippen LogP contribution in [0.15, 0.2) is 41.3 Å². The Labute approximate surface area is 183 Å². The predicted molar refractivity (Wildman–Crippen MR) is 114 cm³/mol. The maximum absolute atomic E-state index is 14.0. The van der Waals surface area contributed by atoms with Gasteiger partial charge in [0.25, 0.3) is 5.92 Å². The summed E-state index contributed by atoms with van der Waals surface area (Å²) < 4.78 is 65.0. The molecule has 0 saturated heterocycles. The van der Waals surface area contributed by atoms with E-state index in [0.717, 1.165) is 25.3 Å². The van der Waals surface area contributed by atoms with Crippen LogP contribution in [0.4, 0.5) is 30.8 Å². The second-order valence-electron chi connectivity index (χ2n) is 7.47. The summed E-state index contributed by atoms with van der Waals surface area (Å²) in [6.07, 6.45) is 0.958. The van der Waals surface area contributed by atoms with Crippen molar-refractivity contribution in [2.24, 2.45) is 0 Å². The molecule has 0 bridgehead atoms. The van der Waals surface area contributed by atoms with E-state index in [4.69, 9.17) is 0 Å². The molecule has 0 spiro atoms. The van der Waals surface area contributed by atoms with E-state index >= 15 is 0 Å². The molecule has 2 N–H and O–H groups in total. The third-order valence-corrected chi connectivity index (χ3v) is 5.13. The van der Waals surface area contributed by atoms with Gasteiger partial charge in [0, 0.05) is 24.9 Å². The SMILES string of the molecule is CC(C)Nc1nc(Nc2cc(F)cc(S(C)(=O)=O)c2)nc(-c2cccc(C(C)(F)F)n2)n1. The molecule has 3 aromatic rings. The van der Waals surface area contributed by atoms with Crippen LogP contribution < -0.4 is 10.6 Å². The van der Waals surface area contributed by atoms with E-state index in [1.807, 2.05) is 13.8 Å². The zero-order valence-corrected chi connectivity index (χ0v) is 18.5. The summed E-state index contributed by atoms with van der Waals surface area (Å²) in [5.41, 5.74) is -0.288. The summed E-state index contributed by atoms with van der Waals surface area (Å²) in [5, 5.41) is 5.73. The highest BCUT2D eigenvalue weighted by Gasteiger charge is 2.26. The van der Waals surface area contributed by atoms with Crippen LogP contribution in [-0.2, 0) is 15.8 Å². The minimum absolute atomic E-state index is 0.00325. The second kappa shape index (κ2) is 8.69. The number of anilines is 3. The minimum Gasteiger partial charge on any atom is -0.352 e. The smallest absolute Gasteiger partial charge is 0.286 e. The van der Waals surface area contributed by atoms with Crippen LogP contribution in [0.5, 0.6) is 0 Å². The monoisotopic (exact) mass is 466 g/mol. The van der Waals surface area contributed by atoms with Crippen molar-refractivity contribution in [3.8, 4) is 11.5 Å². The molecule has 3 rings (SSSR count). The summed E-state index contributed by atoms with van der Waals surface area (Å²) >= 11 is 0. The van der Waals surface area contributed by atoms with E-state index in [1.165, 1.54) is 24.3 Å². The van der Waals surface area contributed by atoms with Crippen LogP contribution in [-0.4, -0.2) is 40.7 Å². The van der Waals surface area contributed by atoms with E-state index in [9.17, 15) is 21.6 Å². The van der Waals surface area contributed by atoms with Gasteiger partial charge in [-0.2, -0.15) is 23.7 Å². The second-order valence-corrected chi connectivity index (χ2v) is 9.49. The summed E-state index contributed by atoms with van der Waals surface area (Å²) in [4.78, 5) is 16.3. The minimum atomic E-state index is -3.66. The highest BCUT2D eigenvalue weighted by Crippen LogP contribution is 2.27. The van der Waals surface area contributed by atoms with E-state index in [-0.39, 0.29) is 40.0 Å². The van der Waals surface area contributed by atoms with Crippen LogP contribution in [0.1, 0.15) is 26.5 Å². The van der Waals surface area contributed by atoms with Crippen LogP contribution in [0, 0.1) is 5.82 Å². The predicted octanol–water partition coefficient (Wildman–Crippen LogP) is 4.15. The number of benzene rings is 1. The fraction of sp³-hybridized carbons (Fsp3) is 0.300. The number of pyridine rings is 1. The van der Waals surface area contributed by atoms with Crippen molar-refractivity contribution >= 4 is 27.4 Å². The van der Waals surface area contributed by atoms with Crippen molar-refractivity contribution < 1.29 is 21.6 Å². The zero-order chi connectivity index (χ0) is 23.7. The lowest BCUT2D eigenvalue weighted by Crippen LogP contribution is -2.15. The molecule has 0 atom stereocenters. The van der Waals surface area contributed by atoms with Crippen molar-refractivity contribution in [2.45, 2.75) is 37.6 Å². The molecule has 0 amide bonds. The average Bonchev–Trinajstić information content (AvgIpc) is 2.65. The highest BCUT2D eigenvalue weighted by atomic mass is 32.2. The van der Waals surface area contributed by atoms with E-state index in [2.05, 4.69) is 30.6 Å². The van der Waals surface area contributed by atoms with Gasteiger partial charge in [0.1, 0.15) is 17.2 Å².